The largest absolute Gasteiger partial charge is 0.462 e. The average molecular weight is 216 g/mol. The van der Waals surface area contributed by atoms with E-state index in [1.165, 1.54) is 5.56 Å². The van der Waals surface area contributed by atoms with Gasteiger partial charge in [0, 0.05) is 5.92 Å². The Kier molecular flexibility index (Phi) is 3.40. The highest BCUT2D eigenvalue weighted by Gasteiger charge is 2.14. The van der Waals surface area contributed by atoms with Gasteiger partial charge in [0.2, 0.25) is 0 Å². The Labute approximate surface area is 95.9 Å². The molecule has 1 aromatic rings. The standard InChI is InChI=1S/C14H16O2/c1-2-16-14(15)13-9-5-8-12(10-13)11-6-3-4-7-11/h3,5-6,8-11H,2,4,7H2,1H3/t11-/m0/s1. The monoisotopic (exact) mass is 216 g/mol. The molecule has 2 heteroatoms. The average Bonchev–Trinajstić information content (AvgIpc) is 2.83. The third-order valence-electron chi connectivity index (χ3n) is 2.84. The molecule has 2 nitrogen and oxygen atoms in total. The van der Waals surface area contributed by atoms with E-state index in [0.29, 0.717) is 18.1 Å². The van der Waals surface area contributed by atoms with Crippen LogP contribution in [0.3, 0.4) is 0 Å². The first-order chi connectivity index (χ1) is 7.81. The van der Waals surface area contributed by atoms with Gasteiger partial charge in [0.15, 0.2) is 0 Å². The van der Waals surface area contributed by atoms with E-state index in [2.05, 4.69) is 18.2 Å². The third-order valence-corrected chi connectivity index (χ3v) is 2.84. The van der Waals surface area contributed by atoms with Crippen molar-refractivity contribution in [1.82, 2.24) is 0 Å². The maximum Gasteiger partial charge on any atom is 0.338 e. The van der Waals surface area contributed by atoms with Crippen molar-refractivity contribution in [2.45, 2.75) is 25.7 Å². The number of ether oxygens (including phenoxy) is 1. The van der Waals surface area contributed by atoms with E-state index >= 15 is 0 Å². The molecule has 0 fully saturated rings. The molecule has 84 valence electrons. The molecule has 0 amide bonds. The lowest BCUT2D eigenvalue weighted by Crippen LogP contribution is -2.05. The maximum absolute atomic E-state index is 11.6. The van der Waals surface area contributed by atoms with Crippen LogP contribution in [0.1, 0.15) is 41.6 Å². The quantitative estimate of drug-likeness (QED) is 0.572. The van der Waals surface area contributed by atoms with Crippen LogP contribution in [0.25, 0.3) is 0 Å². The first kappa shape index (κ1) is 10.9. The number of hydrogen-bond acceptors (Lipinski definition) is 2. The predicted molar refractivity (Wildman–Crippen MR) is 63.5 cm³/mol. The lowest BCUT2D eigenvalue weighted by atomic mass is 9.97. The summed E-state index contributed by atoms with van der Waals surface area (Å²) in [6, 6.07) is 7.75. The van der Waals surface area contributed by atoms with Crippen molar-refractivity contribution in [3.8, 4) is 0 Å². The minimum atomic E-state index is -0.230. The molecular formula is C14H16O2. The van der Waals surface area contributed by atoms with Gasteiger partial charge in [-0.2, -0.15) is 0 Å². The molecule has 0 aliphatic heterocycles. The summed E-state index contributed by atoms with van der Waals surface area (Å²) in [7, 11) is 0. The van der Waals surface area contributed by atoms with Gasteiger partial charge < -0.3 is 4.74 Å². The predicted octanol–water partition coefficient (Wildman–Crippen LogP) is 3.30. The fourth-order valence-electron chi connectivity index (χ4n) is 2.02. The maximum atomic E-state index is 11.6. The highest BCUT2D eigenvalue weighted by atomic mass is 16.5. The second kappa shape index (κ2) is 4.97. The van der Waals surface area contributed by atoms with Gasteiger partial charge >= 0.3 is 5.97 Å². The smallest absolute Gasteiger partial charge is 0.338 e. The lowest BCUT2D eigenvalue weighted by Gasteiger charge is -2.09. The molecule has 1 aliphatic rings. The van der Waals surface area contributed by atoms with E-state index in [4.69, 9.17) is 4.74 Å². The summed E-state index contributed by atoms with van der Waals surface area (Å²) in [5.41, 5.74) is 1.86. The van der Waals surface area contributed by atoms with Gasteiger partial charge in [-0.1, -0.05) is 24.3 Å². The molecule has 0 unspecified atom stereocenters. The Morgan fingerprint density at radius 2 is 2.38 bits per heavy atom. The van der Waals surface area contributed by atoms with Crippen LogP contribution in [0, 0.1) is 0 Å². The topological polar surface area (TPSA) is 26.3 Å². The van der Waals surface area contributed by atoms with Gasteiger partial charge in [-0.15, -0.1) is 0 Å². The van der Waals surface area contributed by atoms with Crippen molar-refractivity contribution in [2.75, 3.05) is 6.61 Å². The molecule has 0 bridgehead atoms. The van der Waals surface area contributed by atoms with Gasteiger partial charge in [-0.05, 0) is 37.5 Å². The first-order valence-electron chi connectivity index (χ1n) is 5.75. The van der Waals surface area contributed by atoms with Gasteiger partial charge in [-0.25, -0.2) is 4.79 Å². The summed E-state index contributed by atoms with van der Waals surface area (Å²) in [6.45, 7) is 2.24. The van der Waals surface area contributed by atoms with Crippen LogP contribution >= 0.6 is 0 Å². The zero-order valence-corrected chi connectivity index (χ0v) is 9.48. The van der Waals surface area contributed by atoms with Crippen LogP contribution in [-0.2, 0) is 4.74 Å². The first-order valence-corrected chi connectivity index (χ1v) is 5.75. The fraction of sp³-hybridized carbons (Fsp3) is 0.357. The molecule has 0 saturated carbocycles. The SMILES string of the molecule is CCOC(=O)c1cccc([C@H]2C=CCC2)c1. The Morgan fingerprint density at radius 1 is 1.50 bits per heavy atom. The van der Waals surface area contributed by atoms with Crippen molar-refractivity contribution >= 4 is 5.97 Å². The Hall–Kier alpha value is -1.57. The van der Waals surface area contributed by atoms with Crippen molar-refractivity contribution in [1.29, 1.82) is 0 Å². The Bertz CT molecular complexity index is 407. The van der Waals surface area contributed by atoms with E-state index in [0.717, 1.165) is 12.8 Å². The van der Waals surface area contributed by atoms with E-state index in [1.807, 2.05) is 19.1 Å². The fourth-order valence-corrected chi connectivity index (χ4v) is 2.02. The van der Waals surface area contributed by atoms with Gasteiger partial charge in [0.1, 0.15) is 0 Å². The number of carbonyl (C=O) groups excluding carboxylic acids is 1. The molecule has 0 spiro atoms. The third kappa shape index (κ3) is 2.32. The molecule has 0 N–H and O–H groups in total. The van der Waals surface area contributed by atoms with E-state index in [1.54, 1.807) is 6.07 Å². The van der Waals surface area contributed by atoms with Crippen LogP contribution in [0.15, 0.2) is 36.4 Å². The highest BCUT2D eigenvalue weighted by molar-refractivity contribution is 5.89. The summed E-state index contributed by atoms with van der Waals surface area (Å²) < 4.78 is 4.99. The zero-order valence-electron chi connectivity index (χ0n) is 9.48. The summed E-state index contributed by atoms with van der Waals surface area (Å²) in [5, 5.41) is 0. The minimum absolute atomic E-state index is 0.230. The van der Waals surface area contributed by atoms with Gasteiger partial charge in [0.05, 0.1) is 12.2 Å². The van der Waals surface area contributed by atoms with Gasteiger partial charge in [0.25, 0.3) is 0 Å². The molecule has 16 heavy (non-hydrogen) atoms. The number of hydrogen-bond donors (Lipinski definition) is 0. The number of allylic oxidation sites excluding steroid dienone is 2. The summed E-state index contributed by atoms with van der Waals surface area (Å²) in [5.74, 6) is 0.237. The van der Waals surface area contributed by atoms with Crippen LogP contribution in [0.4, 0.5) is 0 Å². The molecule has 2 rings (SSSR count). The summed E-state index contributed by atoms with van der Waals surface area (Å²) >= 11 is 0. The normalized spacial score (nSPS) is 18.7. The number of benzene rings is 1. The van der Waals surface area contributed by atoms with E-state index < -0.39 is 0 Å². The Balaban J connectivity index is 2.18. The Morgan fingerprint density at radius 3 is 3.06 bits per heavy atom. The van der Waals surface area contributed by atoms with Crippen molar-refractivity contribution < 1.29 is 9.53 Å². The number of carbonyl (C=O) groups is 1. The van der Waals surface area contributed by atoms with Crippen molar-refractivity contribution in [3.05, 3.63) is 47.5 Å². The molecule has 1 aromatic carbocycles. The van der Waals surface area contributed by atoms with Crippen LogP contribution in [0.5, 0.6) is 0 Å². The van der Waals surface area contributed by atoms with E-state index in [-0.39, 0.29) is 5.97 Å². The molecular weight excluding hydrogens is 200 g/mol. The van der Waals surface area contributed by atoms with Crippen LogP contribution in [-0.4, -0.2) is 12.6 Å². The second-order valence-electron chi connectivity index (χ2n) is 3.96. The molecule has 1 atom stereocenters. The summed E-state index contributed by atoms with van der Waals surface area (Å²) in [4.78, 5) is 11.6. The van der Waals surface area contributed by atoms with Crippen LogP contribution < -0.4 is 0 Å². The second-order valence-corrected chi connectivity index (χ2v) is 3.96. The summed E-state index contributed by atoms with van der Waals surface area (Å²) in [6.07, 6.45) is 6.69. The van der Waals surface area contributed by atoms with Crippen LogP contribution in [0.2, 0.25) is 0 Å². The van der Waals surface area contributed by atoms with Crippen molar-refractivity contribution in [2.24, 2.45) is 0 Å². The molecule has 0 heterocycles. The molecule has 0 saturated heterocycles. The highest BCUT2D eigenvalue weighted by Crippen LogP contribution is 2.28. The molecule has 1 aliphatic carbocycles. The van der Waals surface area contributed by atoms with E-state index in [9.17, 15) is 4.79 Å². The molecule has 0 aromatic heterocycles. The molecule has 0 radical (unpaired) electrons. The number of esters is 1. The van der Waals surface area contributed by atoms with Crippen molar-refractivity contribution in [3.63, 3.8) is 0 Å². The minimum Gasteiger partial charge on any atom is -0.462 e. The van der Waals surface area contributed by atoms with Gasteiger partial charge in [-0.3, -0.25) is 0 Å². The number of rotatable bonds is 3. The lowest BCUT2D eigenvalue weighted by molar-refractivity contribution is 0.0526. The zero-order chi connectivity index (χ0) is 11.4.